The summed E-state index contributed by atoms with van der Waals surface area (Å²) in [5, 5.41) is 0. The summed E-state index contributed by atoms with van der Waals surface area (Å²) in [5.74, 6) is 0.909. The van der Waals surface area contributed by atoms with Crippen LogP contribution in [0.25, 0.3) is 11.1 Å². The van der Waals surface area contributed by atoms with Crippen molar-refractivity contribution in [2.75, 3.05) is 6.61 Å². The molecule has 0 amide bonds. The summed E-state index contributed by atoms with van der Waals surface area (Å²) in [6.45, 7) is 2.86. The maximum Gasteiger partial charge on any atom is 0.133 e. The zero-order valence-electron chi connectivity index (χ0n) is 9.82. The SMILES string of the molecule is CCCOc1ccc(-c2ccccc2)cc1Br. The van der Waals surface area contributed by atoms with Crippen LogP contribution in [0.2, 0.25) is 0 Å². The molecule has 0 N–H and O–H groups in total. The number of benzene rings is 2. The summed E-state index contributed by atoms with van der Waals surface area (Å²) >= 11 is 3.55. The predicted molar refractivity (Wildman–Crippen MR) is 75.4 cm³/mol. The van der Waals surface area contributed by atoms with E-state index >= 15 is 0 Å². The van der Waals surface area contributed by atoms with Crippen LogP contribution < -0.4 is 4.74 Å². The second kappa shape index (κ2) is 5.87. The molecule has 2 rings (SSSR count). The summed E-state index contributed by atoms with van der Waals surface area (Å²) in [4.78, 5) is 0. The Balaban J connectivity index is 2.25. The van der Waals surface area contributed by atoms with Gasteiger partial charge in [-0.25, -0.2) is 0 Å². The molecule has 0 saturated heterocycles. The Bertz CT molecular complexity index is 480. The van der Waals surface area contributed by atoms with Crippen molar-refractivity contribution >= 4 is 15.9 Å². The number of rotatable bonds is 4. The predicted octanol–water partition coefficient (Wildman–Crippen LogP) is 4.90. The van der Waals surface area contributed by atoms with E-state index in [1.54, 1.807) is 0 Å². The molecule has 1 nitrogen and oxygen atoms in total. The van der Waals surface area contributed by atoms with E-state index in [0.29, 0.717) is 0 Å². The molecule has 17 heavy (non-hydrogen) atoms. The van der Waals surface area contributed by atoms with E-state index in [1.807, 2.05) is 24.3 Å². The van der Waals surface area contributed by atoms with E-state index in [0.717, 1.165) is 23.2 Å². The van der Waals surface area contributed by atoms with Crippen LogP contribution in [0.15, 0.2) is 53.0 Å². The molecule has 0 heterocycles. The quantitative estimate of drug-likeness (QED) is 0.778. The Morgan fingerprint density at radius 2 is 1.76 bits per heavy atom. The molecule has 0 aliphatic heterocycles. The number of halogens is 1. The summed E-state index contributed by atoms with van der Waals surface area (Å²) in [6.07, 6.45) is 1.02. The van der Waals surface area contributed by atoms with Crippen molar-refractivity contribution in [3.8, 4) is 16.9 Å². The van der Waals surface area contributed by atoms with Gasteiger partial charge in [0.05, 0.1) is 11.1 Å². The van der Waals surface area contributed by atoms with Crippen molar-refractivity contribution in [3.63, 3.8) is 0 Å². The van der Waals surface area contributed by atoms with Crippen molar-refractivity contribution in [2.24, 2.45) is 0 Å². The van der Waals surface area contributed by atoms with E-state index in [9.17, 15) is 0 Å². The number of ether oxygens (including phenoxy) is 1. The van der Waals surface area contributed by atoms with Crippen LogP contribution in [0.1, 0.15) is 13.3 Å². The highest BCUT2D eigenvalue weighted by Crippen LogP contribution is 2.30. The molecule has 2 aromatic rings. The summed E-state index contributed by atoms with van der Waals surface area (Å²) in [7, 11) is 0. The van der Waals surface area contributed by atoms with Gasteiger partial charge in [-0.05, 0) is 45.6 Å². The van der Waals surface area contributed by atoms with Crippen LogP contribution in [-0.4, -0.2) is 6.61 Å². The van der Waals surface area contributed by atoms with Crippen LogP contribution in [-0.2, 0) is 0 Å². The molecule has 0 radical (unpaired) electrons. The second-order valence-electron chi connectivity index (χ2n) is 3.86. The Kier molecular flexibility index (Phi) is 4.21. The molecule has 2 aromatic carbocycles. The third-order valence-corrected chi connectivity index (χ3v) is 3.12. The topological polar surface area (TPSA) is 9.23 Å². The van der Waals surface area contributed by atoms with Crippen molar-refractivity contribution < 1.29 is 4.74 Å². The number of hydrogen-bond acceptors (Lipinski definition) is 1. The second-order valence-corrected chi connectivity index (χ2v) is 4.71. The largest absolute Gasteiger partial charge is 0.492 e. The van der Waals surface area contributed by atoms with E-state index in [-0.39, 0.29) is 0 Å². The molecule has 0 saturated carbocycles. The van der Waals surface area contributed by atoms with E-state index in [4.69, 9.17) is 4.74 Å². The molecule has 0 aromatic heterocycles. The highest BCUT2D eigenvalue weighted by atomic mass is 79.9. The lowest BCUT2D eigenvalue weighted by Crippen LogP contribution is -1.95. The lowest BCUT2D eigenvalue weighted by atomic mass is 10.1. The molecular formula is C15H15BrO. The first-order valence-electron chi connectivity index (χ1n) is 5.79. The van der Waals surface area contributed by atoms with Crippen molar-refractivity contribution in [1.82, 2.24) is 0 Å². The zero-order chi connectivity index (χ0) is 12.1. The van der Waals surface area contributed by atoms with Gasteiger partial charge in [-0.15, -0.1) is 0 Å². The van der Waals surface area contributed by atoms with Gasteiger partial charge < -0.3 is 4.74 Å². The highest BCUT2D eigenvalue weighted by Gasteiger charge is 2.03. The first-order valence-corrected chi connectivity index (χ1v) is 6.58. The standard InChI is InChI=1S/C15H15BrO/c1-2-10-17-15-9-8-13(11-14(15)16)12-6-4-3-5-7-12/h3-9,11H,2,10H2,1H3. The van der Waals surface area contributed by atoms with Gasteiger partial charge in [-0.1, -0.05) is 43.3 Å². The van der Waals surface area contributed by atoms with Gasteiger partial charge in [-0.2, -0.15) is 0 Å². The van der Waals surface area contributed by atoms with Crippen molar-refractivity contribution in [1.29, 1.82) is 0 Å². The molecule has 0 bridgehead atoms. The van der Waals surface area contributed by atoms with E-state index in [2.05, 4.69) is 47.1 Å². The molecule has 0 spiro atoms. The molecule has 0 atom stereocenters. The smallest absolute Gasteiger partial charge is 0.133 e. The average Bonchev–Trinajstić information content (AvgIpc) is 2.38. The lowest BCUT2D eigenvalue weighted by Gasteiger charge is -2.09. The molecule has 88 valence electrons. The van der Waals surface area contributed by atoms with Crippen molar-refractivity contribution in [3.05, 3.63) is 53.0 Å². The fourth-order valence-corrected chi connectivity index (χ4v) is 2.13. The Morgan fingerprint density at radius 3 is 2.41 bits per heavy atom. The fourth-order valence-electron chi connectivity index (χ4n) is 1.64. The first-order chi connectivity index (χ1) is 8.31. The van der Waals surface area contributed by atoms with Crippen LogP contribution in [0, 0.1) is 0 Å². The minimum atomic E-state index is 0.753. The maximum atomic E-state index is 5.63. The average molecular weight is 291 g/mol. The third-order valence-electron chi connectivity index (χ3n) is 2.50. The van der Waals surface area contributed by atoms with E-state index in [1.165, 1.54) is 11.1 Å². The number of hydrogen-bond donors (Lipinski definition) is 0. The first kappa shape index (κ1) is 12.2. The monoisotopic (exact) mass is 290 g/mol. The van der Waals surface area contributed by atoms with Gasteiger partial charge in [0.15, 0.2) is 0 Å². The molecular weight excluding hydrogens is 276 g/mol. The molecule has 0 aliphatic rings. The third kappa shape index (κ3) is 3.10. The van der Waals surface area contributed by atoms with Gasteiger partial charge in [-0.3, -0.25) is 0 Å². The Labute approximate surface area is 111 Å². The fraction of sp³-hybridized carbons (Fsp3) is 0.200. The Hall–Kier alpha value is -1.28. The Morgan fingerprint density at radius 1 is 1.00 bits per heavy atom. The minimum Gasteiger partial charge on any atom is -0.492 e. The summed E-state index contributed by atoms with van der Waals surface area (Å²) in [6, 6.07) is 16.5. The maximum absolute atomic E-state index is 5.63. The van der Waals surface area contributed by atoms with Crippen molar-refractivity contribution in [2.45, 2.75) is 13.3 Å². The van der Waals surface area contributed by atoms with Crippen LogP contribution in [0.4, 0.5) is 0 Å². The van der Waals surface area contributed by atoms with Gasteiger partial charge in [0.2, 0.25) is 0 Å². The van der Waals surface area contributed by atoms with Crippen LogP contribution in [0.5, 0.6) is 5.75 Å². The zero-order valence-corrected chi connectivity index (χ0v) is 11.4. The normalized spacial score (nSPS) is 10.2. The van der Waals surface area contributed by atoms with Crippen LogP contribution in [0.3, 0.4) is 0 Å². The van der Waals surface area contributed by atoms with Gasteiger partial charge >= 0.3 is 0 Å². The molecule has 0 aliphatic carbocycles. The molecule has 0 fully saturated rings. The van der Waals surface area contributed by atoms with Gasteiger partial charge in [0.25, 0.3) is 0 Å². The highest BCUT2D eigenvalue weighted by molar-refractivity contribution is 9.10. The minimum absolute atomic E-state index is 0.753. The lowest BCUT2D eigenvalue weighted by molar-refractivity contribution is 0.315. The summed E-state index contributed by atoms with van der Waals surface area (Å²) < 4.78 is 6.64. The summed E-state index contributed by atoms with van der Waals surface area (Å²) in [5.41, 5.74) is 2.41. The van der Waals surface area contributed by atoms with Gasteiger partial charge in [0, 0.05) is 0 Å². The van der Waals surface area contributed by atoms with Gasteiger partial charge in [0.1, 0.15) is 5.75 Å². The van der Waals surface area contributed by atoms with Crippen LogP contribution >= 0.6 is 15.9 Å². The molecule has 2 heteroatoms. The molecule has 0 unspecified atom stereocenters. The van der Waals surface area contributed by atoms with E-state index < -0.39 is 0 Å².